The van der Waals surface area contributed by atoms with Crippen LogP contribution in [0.25, 0.3) is 0 Å². The Hall–Kier alpha value is -1.71. The molecule has 114 valence electrons. The van der Waals surface area contributed by atoms with Gasteiger partial charge in [0.2, 0.25) is 5.91 Å². The molecule has 21 heavy (non-hydrogen) atoms. The minimum atomic E-state index is 0.0503. The highest BCUT2D eigenvalue weighted by molar-refractivity contribution is 5.81. The molecule has 0 aromatic heterocycles. The molecule has 2 fully saturated rings. The highest BCUT2D eigenvalue weighted by atomic mass is 16.5. The number of hydrogen-bond acceptors (Lipinski definition) is 3. The van der Waals surface area contributed by atoms with Crippen LogP contribution in [0.3, 0.4) is 0 Å². The average Bonchev–Trinajstić information content (AvgIpc) is 3.25. The van der Waals surface area contributed by atoms with Crippen LogP contribution in [0.1, 0.15) is 39.0 Å². The SMILES string of the molecule is CCOc1ccccc1O[C@H]1CCC[C@@H]1NC(=O)C1CC1. The second-order valence-electron chi connectivity index (χ2n) is 5.86. The molecule has 0 unspecified atom stereocenters. The van der Waals surface area contributed by atoms with Gasteiger partial charge in [-0.05, 0) is 51.2 Å². The number of nitrogens with one attached hydrogen (secondary N) is 1. The van der Waals surface area contributed by atoms with Crippen molar-refractivity contribution in [2.45, 2.75) is 51.2 Å². The van der Waals surface area contributed by atoms with Gasteiger partial charge in [0.25, 0.3) is 0 Å². The summed E-state index contributed by atoms with van der Waals surface area (Å²) >= 11 is 0. The van der Waals surface area contributed by atoms with Crippen LogP contribution in [-0.2, 0) is 4.79 Å². The summed E-state index contributed by atoms with van der Waals surface area (Å²) in [5, 5.41) is 3.16. The molecule has 0 radical (unpaired) electrons. The van der Waals surface area contributed by atoms with Crippen LogP contribution < -0.4 is 14.8 Å². The molecule has 1 aromatic rings. The van der Waals surface area contributed by atoms with Gasteiger partial charge >= 0.3 is 0 Å². The lowest BCUT2D eigenvalue weighted by Gasteiger charge is -2.23. The van der Waals surface area contributed by atoms with E-state index in [-0.39, 0.29) is 24.0 Å². The molecule has 1 N–H and O–H groups in total. The van der Waals surface area contributed by atoms with E-state index in [2.05, 4.69) is 5.32 Å². The molecule has 0 bridgehead atoms. The predicted octanol–water partition coefficient (Wildman–Crippen LogP) is 2.91. The van der Waals surface area contributed by atoms with Gasteiger partial charge in [-0.25, -0.2) is 0 Å². The van der Waals surface area contributed by atoms with Crippen molar-refractivity contribution < 1.29 is 14.3 Å². The summed E-state index contributed by atoms with van der Waals surface area (Å²) in [5.74, 6) is 2.01. The minimum Gasteiger partial charge on any atom is -0.490 e. The maximum atomic E-state index is 11.9. The predicted molar refractivity (Wildman–Crippen MR) is 80.5 cm³/mol. The van der Waals surface area contributed by atoms with Crippen molar-refractivity contribution in [1.29, 1.82) is 0 Å². The lowest BCUT2D eigenvalue weighted by atomic mass is 10.2. The van der Waals surface area contributed by atoms with Gasteiger partial charge < -0.3 is 14.8 Å². The van der Waals surface area contributed by atoms with Crippen LogP contribution in [0.15, 0.2) is 24.3 Å². The summed E-state index contributed by atoms with van der Waals surface area (Å²) in [6, 6.07) is 7.88. The van der Waals surface area contributed by atoms with Crippen molar-refractivity contribution in [3.05, 3.63) is 24.3 Å². The molecule has 1 aromatic carbocycles. The van der Waals surface area contributed by atoms with Crippen molar-refractivity contribution in [3.63, 3.8) is 0 Å². The van der Waals surface area contributed by atoms with E-state index >= 15 is 0 Å². The molecule has 2 aliphatic rings. The second-order valence-corrected chi connectivity index (χ2v) is 5.86. The van der Waals surface area contributed by atoms with E-state index in [0.717, 1.165) is 43.6 Å². The number of amides is 1. The monoisotopic (exact) mass is 289 g/mol. The van der Waals surface area contributed by atoms with Crippen molar-refractivity contribution in [1.82, 2.24) is 5.32 Å². The fourth-order valence-corrected chi connectivity index (χ4v) is 2.86. The van der Waals surface area contributed by atoms with Gasteiger partial charge in [-0.1, -0.05) is 12.1 Å². The van der Waals surface area contributed by atoms with Crippen LogP contribution in [-0.4, -0.2) is 24.7 Å². The van der Waals surface area contributed by atoms with Crippen LogP contribution in [0, 0.1) is 5.92 Å². The maximum absolute atomic E-state index is 11.9. The molecule has 0 spiro atoms. The van der Waals surface area contributed by atoms with E-state index < -0.39 is 0 Å². The van der Waals surface area contributed by atoms with Gasteiger partial charge in [0.05, 0.1) is 12.6 Å². The Morgan fingerprint density at radius 2 is 1.95 bits per heavy atom. The topological polar surface area (TPSA) is 47.6 Å². The van der Waals surface area contributed by atoms with Crippen LogP contribution in [0.5, 0.6) is 11.5 Å². The summed E-state index contributed by atoms with van der Waals surface area (Å²) in [5.41, 5.74) is 0. The third-order valence-electron chi connectivity index (χ3n) is 4.16. The number of hydrogen-bond donors (Lipinski definition) is 1. The van der Waals surface area contributed by atoms with Crippen molar-refractivity contribution in [2.75, 3.05) is 6.61 Å². The average molecular weight is 289 g/mol. The maximum Gasteiger partial charge on any atom is 0.223 e. The van der Waals surface area contributed by atoms with Gasteiger partial charge in [-0.2, -0.15) is 0 Å². The van der Waals surface area contributed by atoms with Crippen LogP contribution in [0.4, 0.5) is 0 Å². The third kappa shape index (κ3) is 3.49. The zero-order chi connectivity index (χ0) is 14.7. The van der Waals surface area contributed by atoms with E-state index in [1.54, 1.807) is 0 Å². The summed E-state index contributed by atoms with van der Waals surface area (Å²) in [6.45, 7) is 2.58. The highest BCUT2D eigenvalue weighted by Crippen LogP contribution is 2.33. The summed E-state index contributed by atoms with van der Waals surface area (Å²) in [7, 11) is 0. The molecule has 1 amide bonds. The molecule has 2 saturated carbocycles. The Kier molecular flexibility index (Phi) is 4.32. The van der Waals surface area contributed by atoms with Crippen LogP contribution in [0.2, 0.25) is 0 Å². The lowest BCUT2D eigenvalue weighted by Crippen LogP contribution is -2.43. The number of rotatable bonds is 6. The summed E-state index contributed by atoms with van der Waals surface area (Å²) in [6.07, 6.45) is 5.20. The first-order valence-corrected chi connectivity index (χ1v) is 7.96. The van der Waals surface area contributed by atoms with Crippen molar-refractivity contribution in [2.24, 2.45) is 5.92 Å². The minimum absolute atomic E-state index is 0.0503. The van der Waals surface area contributed by atoms with E-state index in [0.29, 0.717) is 6.61 Å². The number of ether oxygens (including phenoxy) is 2. The first kappa shape index (κ1) is 14.2. The number of para-hydroxylation sites is 2. The lowest BCUT2D eigenvalue weighted by molar-refractivity contribution is -0.123. The smallest absolute Gasteiger partial charge is 0.223 e. The van der Waals surface area contributed by atoms with E-state index in [1.807, 2.05) is 31.2 Å². The molecule has 0 heterocycles. The van der Waals surface area contributed by atoms with Gasteiger partial charge in [0.15, 0.2) is 11.5 Å². The molecule has 3 rings (SSSR count). The molecular weight excluding hydrogens is 266 g/mol. The van der Waals surface area contributed by atoms with E-state index in [9.17, 15) is 4.79 Å². The Bertz CT molecular complexity index is 499. The number of carbonyl (C=O) groups excluding carboxylic acids is 1. The first-order valence-electron chi connectivity index (χ1n) is 7.96. The standard InChI is InChI=1S/C17H23NO3/c1-2-20-15-7-3-4-8-16(15)21-14-9-5-6-13(14)18-17(19)12-10-11-12/h3-4,7-8,12-14H,2,5-6,9-11H2,1H3,(H,18,19)/t13-,14-/m0/s1. The zero-order valence-electron chi connectivity index (χ0n) is 12.5. The third-order valence-corrected chi connectivity index (χ3v) is 4.16. The van der Waals surface area contributed by atoms with Gasteiger partial charge in [-0.15, -0.1) is 0 Å². The fourth-order valence-electron chi connectivity index (χ4n) is 2.86. The first-order chi connectivity index (χ1) is 10.3. The molecular formula is C17H23NO3. The van der Waals surface area contributed by atoms with Crippen LogP contribution >= 0.6 is 0 Å². The largest absolute Gasteiger partial charge is 0.490 e. The molecule has 4 nitrogen and oxygen atoms in total. The van der Waals surface area contributed by atoms with Gasteiger partial charge in [0, 0.05) is 5.92 Å². The summed E-state index contributed by atoms with van der Waals surface area (Å²) in [4.78, 5) is 11.9. The second kappa shape index (κ2) is 6.37. The molecule has 4 heteroatoms. The molecule has 0 saturated heterocycles. The van der Waals surface area contributed by atoms with Crippen molar-refractivity contribution in [3.8, 4) is 11.5 Å². The Labute approximate surface area is 125 Å². The summed E-state index contributed by atoms with van der Waals surface area (Å²) < 4.78 is 11.7. The molecule has 2 atom stereocenters. The molecule has 0 aliphatic heterocycles. The normalized spacial score (nSPS) is 24.6. The quantitative estimate of drug-likeness (QED) is 0.876. The number of carbonyl (C=O) groups is 1. The Morgan fingerprint density at radius 1 is 1.19 bits per heavy atom. The number of benzene rings is 1. The zero-order valence-corrected chi connectivity index (χ0v) is 12.5. The van der Waals surface area contributed by atoms with E-state index in [1.165, 1.54) is 0 Å². The fraction of sp³-hybridized carbons (Fsp3) is 0.588. The molecule has 2 aliphatic carbocycles. The van der Waals surface area contributed by atoms with E-state index in [4.69, 9.17) is 9.47 Å². The Morgan fingerprint density at radius 3 is 2.67 bits per heavy atom. The van der Waals surface area contributed by atoms with Gasteiger partial charge in [-0.3, -0.25) is 4.79 Å². The van der Waals surface area contributed by atoms with Gasteiger partial charge in [0.1, 0.15) is 6.10 Å². The van der Waals surface area contributed by atoms with Crippen molar-refractivity contribution >= 4 is 5.91 Å². The Balaban J connectivity index is 1.64. The highest BCUT2D eigenvalue weighted by Gasteiger charge is 2.35.